The second-order valence-electron chi connectivity index (χ2n) is 7.41. The first-order valence-electron chi connectivity index (χ1n) is 9.50. The minimum Gasteiger partial charge on any atom is -0.381 e. The third kappa shape index (κ3) is 6.64. The molecule has 2 atom stereocenters. The Morgan fingerprint density at radius 1 is 1.19 bits per heavy atom. The number of likely N-dealkylation sites (tertiary alicyclic amines) is 1. The first-order valence-corrected chi connectivity index (χ1v) is 9.50. The van der Waals surface area contributed by atoms with Gasteiger partial charge in [0.15, 0.2) is 0 Å². The number of rotatable bonds is 6. The number of carbonyl (C=O) groups excluding carboxylic acids is 2. The molecule has 2 amide bonds. The van der Waals surface area contributed by atoms with Gasteiger partial charge in [-0.15, -0.1) is 0 Å². The van der Waals surface area contributed by atoms with Crippen LogP contribution in [-0.2, 0) is 19.1 Å². The number of nitrogens with zero attached hydrogens (tertiary/aromatic N) is 1. The SMILES string of the molecule is CC(=O)N[C@H](C(=O)N1CCC(C(F)(F)F)CC1)[C@@H](C)OCC1CCOCC1. The van der Waals surface area contributed by atoms with Crippen molar-refractivity contribution in [1.82, 2.24) is 10.2 Å². The van der Waals surface area contributed by atoms with Gasteiger partial charge in [-0.3, -0.25) is 9.59 Å². The van der Waals surface area contributed by atoms with Crippen LogP contribution in [0.3, 0.4) is 0 Å². The molecule has 0 unspecified atom stereocenters. The van der Waals surface area contributed by atoms with Gasteiger partial charge in [0.2, 0.25) is 11.8 Å². The molecule has 2 saturated heterocycles. The predicted molar refractivity (Wildman–Crippen MR) is 91.9 cm³/mol. The molecule has 0 radical (unpaired) electrons. The predicted octanol–water partition coefficient (Wildman–Crippen LogP) is 2.12. The molecule has 0 bridgehead atoms. The van der Waals surface area contributed by atoms with Crippen molar-refractivity contribution in [3.63, 3.8) is 0 Å². The minimum absolute atomic E-state index is 0.0335. The van der Waals surface area contributed by atoms with Crippen molar-refractivity contribution in [2.24, 2.45) is 11.8 Å². The second kappa shape index (κ2) is 9.73. The highest BCUT2D eigenvalue weighted by Crippen LogP contribution is 2.34. The van der Waals surface area contributed by atoms with Crippen LogP contribution in [0.2, 0.25) is 0 Å². The van der Waals surface area contributed by atoms with Crippen LogP contribution < -0.4 is 5.32 Å². The lowest BCUT2D eigenvalue weighted by molar-refractivity contribution is -0.187. The zero-order valence-electron chi connectivity index (χ0n) is 15.9. The largest absolute Gasteiger partial charge is 0.391 e. The summed E-state index contributed by atoms with van der Waals surface area (Å²) < 4.78 is 49.6. The average Bonchev–Trinajstić information content (AvgIpc) is 2.63. The Hall–Kier alpha value is -1.35. The maximum Gasteiger partial charge on any atom is 0.391 e. The molecular formula is C18H29F3N2O4. The number of alkyl halides is 3. The van der Waals surface area contributed by atoms with E-state index in [-0.39, 0.29) is 37.7 Å². The standard InChI is InChI=1S/C18H29F3N2O4/c1-12(27-11-14-5-9-26-10-6-14)16(22-13(2)24)17(25)23-7-3-15(4-8-23)18(19,20)21/h12,14-16H,3-11H2,1-2H3,(H,22,24)/t12-,16+/m1/s1. The van der Waals surface area contributed by atoms with Crippen molar-refractivity contribution in [2.75, 3.05) is 32.9 Å². The lowest BCUT2D eigenvalue weighted by atomic mass is 9.95. The van der Waals surface area contributed by atoms with Crippen LogP contribution >= 0.6 is 0 Å². The molecule has 156 valence electrons. The maximum atomic E-state index is 12.8. The lowest BCUT2D eigenvalue weighted by Gasteiger charge is -2.36. The summed E-state index contributed by atoms with van der Waals surface area (Å²) in [7, 11) is 0. The average molecular weight is 394 g/mol. The highest BCUT2D eigenvalue weighted by atomic mass is 19.4. The highest BCUT2D eigenvalue weighted by molar-refractivity contribution is 5.87. The van der Waals surface area contributed by atoms with Gasteiger partial charge in [0.05, 0.1) is 18.6 Å². The monoisotopic (exact) mass is 394 g/mol. The second-order valence-corrected chi connectivity index (χ2v) is 7.41. The first kappa shape index (κ1) is 21.9. The molecule has 6 nitrogen and oxygen atoms in total. The fourth-order valence-electron chi connectivity index (χ4n) is 3.52. The molecule has 2 aliphatic rings. The van der Waals surface area contributed by atoms with Gasteiger partial charge in [-0.1, -0.05) is 0 Å². The van der Waals surface area contributed by atoms with Crippen LogP contribution in [-0.4, -0.2) is 67.9 Å². The van der Waals surface area contributed by atoms with Crippen molar-refractivity contribution in [3.8, 4) is 0 Å². The van der Waals surface area contributed by atoms with Crippen LogP contribution in [0.15, 0.2) is 0 Å². The molecule has 2 aliphatic heterocycles. The van der Waals surface area contributed by atoms with Crippen LogP contribution in [0.25, 0.3) is 0 Å². The van der Waals surface area contributed by atoms with E-state index in [0.717, 1.165) is 12.8 Å². The first-order chi connectivity index (χ1) is 12.7. The Morgan fingerprint density at radius 2 is 1.78 bits per heavy atom. The number of amides is 2. The normalized spacial score (nSPS) is 22.3. The number of hydrogen-bond donors (Lipinski definition) is 1. The van der Waals surface area contributed by atoms with E-state index in [4.69, 9.17) is 9.47 Å². The van der Waals surface area contributed by atoms with Gasteiger partial charge in [0, 0.05) is 33.2 Å². The summed E-state index contributed by atoms with van der Waals surface area (Å²) in [5.41, 5.74) is 0. The molecule has 2 rings (SSSR count). The Balaban J connectivity index is 1.91. The van der Waals surface area contributed by atoms with Gasteiger partial charge in [0.1, 0.15) is 6.04 Å². The Bertz CT molecular complexity index is 501. The summed E-state index contributed by atoms with van der Waals surface area (Å²) in [6, 6.07) is -0.898. The highest BCUT2D eigenvalue weighted by Gasteiger charge is 2.43. The minimum atomic E-state index is -4.23. The van der Waals surface area contributed by atoms with Crippen LogP contribution in [0.4, 0.5) is 13.2 Å². The van der Waals surface area contributed by atoms with Crippen molar-refractivity contribution in [3.05, 3.63) is 0 Å². The lowest BCUT2D eigenvalue weighted by Crippen LogP contribution is -2.56. The quantitative estimate of drug-likeness (QED) is 0.750. The third-order valence-corrected chi connectivity index (χ3v) is 5.30. The van der Waals surface area contributed by atoms with E-state index in [0.29, 0.717) is 25.7 Å². The molecule has 2 fully saturated rings. The molecule has 2 heterocycles. The molecule has 0 aromatic heterocycles. The molecular weight excluding hydrogens is 365 g/mol. The summed E-state index contributed by atoms with van der Waals surface area (Å²) in [6.07, 6.45) is -3.25. The third-order valence-electron chi connectivity index (χ3n) is 5.30. The zero-order chi connectivity index (χ0) is 20.0. The topological polar surface area (TPSA) is 67.9 Å². The van der Waals surface area contributed by atoms with Gasteiger partial charge in [-0.25, -0.2) is 0 Å². The van der Waals surface area contributed by atoms with Crippen LogP contribution in [0.1, 0.15) is 39.5 Å². The zero-order valence-corrected chi connectivity index (χ0v) is 15.9. The maximum absolute atomic E-state index is 12.8. The smallest absolute Gasteiger partial charge is 0.381 e. The van der Waals surface area contributed by atoms with Crippen molar-refractivity contribution >= 4 is 11.8 Å². The summed E-state index contributed by atoms with van der Waals surface area (Å²) in [4.78, 5) is 25.7. The fourth-order valence-corrected chi connectivity index (χ4v) is 3.52. The number of piperidine rings is 1. The molecule has 27 heavy (non-hydrogen) atoms. The van der Waals surface area contributed by atoms with E-state index in [9.17, 15) is 22.8 Å². The molecule has 0 saturated carbocycles. The van der Waals surface area contributed by atoms with E-state index in [1.165, 1.54) is 11.8 Å². The Labute approximate surface area is 157 Å². The molecule has 1 N–H and O–H groups in total. The summed E-state index contributed by atoms with van der Waals surface area (Å²) >= 11 is 0. The van der Waals surface area contributed by atoms with Crippen LogP contribution in [0.5, 0.6) is 0 Å². The van der Waals surface area contributed by atoms with Gasteiger partial charge < -0.3 is 19.7 Å². The molecule has 0 aromatic rings. The molecule has 0 aromatic carbocycles. The van der Waals surface area contributed by atoms with Crippen molar-refractivity contribution in [1.29, 1.82) is 0 Å². The molecule has 9 heteroatoms. The van der Waals surface area contributed by atoms with E-state index in [1.807, 2.05) is 0 Å². The summed E-state index contributed by atoms with van der Waals surface area (Å²) in [6.45, 7) is 4.92. The van der Waals surface area contributed by atoms with Gasteiger partial charge in [0.25, 0.3) is 0 Å². The molecule has 0 aliphatic carbocycles. The Morgan fingerprint density at radius 3 is 2.30 bits per heavy atom. The fraction of sp³-hybridized carbons (Fsp3) is 0.889. The van der Waals surface area contributed by atoms with E-state index >= 15 is 0 Å². The Kier molecular flexibility index (Phi) is 7.91. The van der Waals surface area contributed by atoms with Crippen LogP contribution in [0, 0.1) is 11.8 Å². The van der Waals surface area contributed by atoms with E-state index in [2.05, 4.69) is 5.32 Å². The van der Waals surface area contributed by atoms with Gasteiger partial charge in [-0.05, 0) is 38.5 Å². The summed E-state index contributed by atoms with van der Waals surface area (Å²) in [5, 5.41) is 2.60. The van der Waals surface area contributed by atoms with Gasteiger partial charge >= 0.3 is 6.18 Å². The summed E-state index contributed by atoms with van der Waals surface area (Å²) in [5.74, 6) is -1.79. The number of carbonyl (C=O) groups is 2. The molecule has 0 spiro atoms. The van der Waals surface area contributed by atoms with Crippen molar-refractivity contribution in [2.45, 2.75) is 57.9 Å². The number of nitrogens with one attached hydrogen (secondary N) is 1. The van der Waals surface area contributed by atoms with E-state index < -0.39 is 24.2 Å². The number of halogens is 3. The van der Waals surface area contributed by atoms with Crippen molar-refractivity contribution < 1.29 is 32.2 Å². The van der Waals surface area contributed by atoms with E-state index in [1.54, 1.807) is 6.92 Å². The number of hydrogen-bond acceptors (Lipinski definition) is 4. The number of ether oxygens (including phenoxy) is 2. The van der Waals surface area contributed by atoms with Gasteiger partial charge in [-0.2, -0.15) is 13.2 Å².